The molecule has 1 aromatic carbocycles. The third-order valence-electron chi connectivity index (χ3n) is 2.89. The van der Waals surface area contributed by atoms with Crippen LogP contribution in [0.4, 0.5) is 0 Å². The molecule has 0 saturated heterocycles. The Kier molecular flexibility index (Phi) is 1.80. The first-order valence-electron chi connectivity index (χ1n) is 4.35. The van der Waals surface area contributed by atoms with Crippen molar-refractivity contribution in [3.05, 3.63) is 35.4 Å². The van der Waals surface area contributed by atoms with Gasteiger partial charge in [0.15, 0.2) is 0 Å². The molecule has 0 nitrogen and oxygen atoms in total. The molecule has 0 radical (unpaired) electrons. The van der Waals surface area contributed by atoms with Crippen molar-refractivity contribution in [1.29, 1.82) is 0 Å². The Balaban J connectivity index is 2.55. The van der Waals surface area contributed by atoms with E-state index in [-0.39, 0.29) is 0 Å². The highest BCUT2D eigenvalue weighted by Gasteiger charge is 2.37. The van der Waals surface area contributed by atoms with Gasteiger partial charge in [-0.25, -0.2) is 0 Å². The molecule has 1 atom stereocenters. The van der Waals surface area contributed by atoms with E-state index in [4.69, 9.17) is 0 Å². The molecule has 0 fully saturated rings. The van der Waals surface area contributed by atoms with Crippen molar-refractivity contribution in [2.45, 2.75) is 30.5 Å². The lowest BCUT2D eigenvalue weighted by Crippen LogP contribution is -2.23. The van der Waals surface area contributed by atoms with Gasteiger partial charge in [-0.1, -0.05) is 54.0 Å². The Morgan fingerprint density at radius 2 is 2.00 bits per heavy atom. The Morgan fingerprint density at radius 1 is 1.33 bits per heavy atom. The monoisotopic (exact) mass is 224 g/mol. The van der Waals surface area contributed by atoms with Gasteiger partial charge in [0.2, 0.25) is 0 Å². The lowest BCUT2D eigenvalue weighted by atomic mass is 9.87. The average Bonchev–Trinajstić information content (AvgIpc) is 2.25. The summed E-state index contributed by atoms with van der Waals surface area (Å²) in [5.74, 6) is 0. The van der Waals surface area contributed by atoms with Crippen LogP contribution in [-0.4, -0.2) is 4.83 Å². The first kappa shape index (κ1) is 8.31. The molecule has 2 rings (SSSR count). The minimum absolute atomic E-state index is 0.302. The van der Waals surface area contributed by atoms with E-state index in [1.807, 2.05) is 0 Å². The minimum atomic E-state index is 0.302. The van der Waals surface area contributed by atoms with Gasteiger partial charge in [0.1, 0.15) is 0 Å². The Morgan fingerprint density at radius 3 is 2.67 bits per heavy atom. The van der Waals surface area contributed by atoms with Crippen molar-refractivity contribution in [2.24, 2.45) is 0 Å². The van der Waals surface area contributed by atoms with Gasteiger partial charge in [0.05, 0.1) is 0 Å². The summed E-state index contributed by atoms with van der Waals surface area (Å²) in [6, 6.07) is 8.74. The molecule has 1 aliphatic rings. The minimum Gasteiger partial charge on any atom is -0.0878 e. The van der Waals surface area contributed by atoms with Crippen molar-refractivity contribution < 1.29 is 0 Å². The summed E-state index contributed by atoms with van der Waals surface area (Å²) in [5.41, 5.74) is 3.31. The molecule has 1 heteroatoms. The highest BCUT2D eigenvalue weighted by Crippen LogP contribution is 2.42. The second-order valence-electron chi connectivity index (χ2n) is 4.05. The smallest absolute Gasteiger partial charge is 0.0277 e. The molecule has 0 aliphatic heterocycles. The second-order valence-corrected chi connectivity index (χ2v) is 5.16. The van der Waals surface area contributed by atoms with E-state index in [1.54, 1.807) is 0 Å². The topological polar surface area (TPSA) is 0 Å². The van der Waals surface area contributed by atoms with E-state index in [9.17, 15) is 0 Å². The van der Waals surface area contributed by atoms with Crippen LogP contribution < -0.4 is 0 Å². The van der Waals surface area contributed by atoms with Crippen LogP contribution in [0.25, 0.3) is 0 Å². The van der Waals surface area contributed by atoms with Crippen LogP contribution in [0, 0.1) is 0 Å². The van der Waals surface area contributed by atoms with Crippen LogP contribution in [0.15, 0.2) is 24.3 Å². The maximum atomic E-state index is 3.74. The van der Waals surface area contributed by atoms with Gasteiger partial charge in [-0.2, -0.15) is 0 Å². The molecule has 1 aliphatic carbocycles. The molecule has 0 N–H and O–H groups in total. The number of benzene rings is 1. The predicted octanol–water partition coefficient (Wildman–Crippen LogP) is 3.28. The van der Waals surface area contributed by atoms with Gasteiger partial charge < -0.3 is 0 Å². The molecule has 1 aromatic rings. The standard InChI is InChI=1S/C11H13Br/c1-11(2)9-6-4-3-5-8(9)7-10(11)12/h3-6,10H,7H2,1-2H3. The van der Waals surface area contributed by atoms with Crippen LogP contribution in [0.3, 0.4) is 0 Å². The van der Waals surface area contributed by atoms with Gasteiger partial charge in [0.25, 0.3) is 0 Å². The van der Waals surface area contributed by atoms with Crippen LogP contribution in [0.5, 0.6) is 0 Å². The zero-order valence-electron chi connectivity index (χ0n) is 7.47. The van der Waals surface area contributed by atoms with E-state index in [0.717, 1.165) is 0 Å². The summed E-state index contributed by atoms with van der Waals surface area (Å²) in [6.45, 7) is 4.61. The quantitative estimate of drug-likeness (QED) is 0.594. The molecule has 0 spiro atoms. The van der Waals surface area contributed by atoms with Crippen molar-refractivity contribution >= 4 is 15.9 Å². The summed E-state index contributed by atoms with van der Waals surface area (Å²) in [5, 5.41) is 0. The highest BCUT2D eigenvalue weighted by atomic mass is 79.9. The van der Waals surface area contributed by atoms with Crippen LogP contribution in [0.2, 0.25) is 0 Å². The van der Waals surface area contributed by atoms with Gasteiger partial charge >= 0.3 is 0 Å². The highest BCUT2D eigenvalue weighted by molar-refractivity contribution is 9.09. The molecular formula is C11H13Br. The summed E-state index contributed by atoms with van der Waals surface area (Å²) in [4.78, 5) is 0.599. The van der Waals surface area contributed by atoms with Gasteiger partial charge in [-0.05, 0) is 17.5 Å². The SMILES string of the molecule is CC1(C)c2ccccc2CC1Br. The Labute approximate surface area is 82.1 Å². The van der Waals surface area contributed by atoms with Gasteiger partial charge in [-0.3, -0.25) is 0 Å². The molecule has 1 unspecified atom stereocenters. The number of fused-ring (bicyclic) bond motifs is 1. The molecule has 0 aromatic heterocycles. The Hall–Kier alpha value is -0.300. The van der Waals surface area contributed by atoms with E-state index in [0.29, 0.717) is 10.2 Å². The first-order chi connectivity index (χ1) is 5.62. The molecule has 0 heterocycles. The van der Waals surface area contributed by atoms with Gasteiger partial charge in [0, 0.05) is 10.2 Å². The number of hydrogen-bond acceptors (Lipinski definition) is 0. The fourth-order valence-electron chi connectivity index (χ4n) is 1.94. The maximum absolute atomic E-state index is 3.74. The van der Waals surface area contributed by atoms with Crippen LogP contribution in [0.1, 0.15) is 25.0 Å². The third-order valence-corrected chi connectivity index (χ3v) is 4.36. The van der Waals surface area contributed by atoms with E-state index >= 15 is 0 Å². The van der Waals surface area contributed by atoms with E-state index in [1.165, 1.54) is 17.5 Å². The number of hydrogen-bond donors (Lipinski definition) is 0. The average molecular weight is 225 g/mol. The van der Waals surface area contributed by atoms with Crippen molar-refractivity contribution in [3.63, 3.8) is 0 Å². The molecule has 12 heavy (non-hydrogen) atoms. The lowest BCUT2D eigenvalue weighted by Gasteiger charge is -2.23. The van der Waals surface area contributed by atoms with Crippen LogP contribution >= 0.6 is 15.9 Å². The summed E-state index contributed by atoms with van der Waals surface area (Å²) < 4.78 is 0. The van der Waals surface area contributed by atoms with Gasteiger partial charge in [-0.15, -0.1) is 0 Å². The van der Waals surface area contributed by atoms with Crippen molar-refractivity contribution in [1.82, 2.24) is 0 Å². The molecule has 0 saturated carbocycles. The second kappa shape index (κ2) is 2.59. The van der Waals surface area contributed by atoms with E-state index in [2.05, 4.69) is 54.0 Å². The van der Waals surface area contributed by atoms with E-state index < -0.39 is 0 Å². The molecule has 0 bridgehead atoms. The maximum Gasteiger partial charge on any atom is 0.0277 e. The zero-order valence-corrected chi connectivity index (χ0v) is 9.06. The summed E-state index contributed by atoms with van der Waals surface area (Å²) >= 11 is 3.74. The lowest BCUT2D eigenvalue weighted by molar-refractivity contribution is 0.544. The molecule has 64 valence electrons. The van der Waals surface area contributed by atoms with Crippen molar-refractivity contribution in [2.75, 3.05) is 0 Å². The number of rotatable bonds is 0. The first-order valence-corrected chi connectivity index (χ1v) is 5.26. The largest absolute Gasteiger partial charge is 0.0878 e. The predicted molar refractivity (Wildman–Crippen MR) is 55.9 cm³/mol. The number of alkyl halides is 1. The third kappa shape index (κ3) is 1.03. The zero-order chi connectivity index (χ0) is 8.77. The number of halogens is 1. The molecular weight excluding hydrogens is 212 g/mol. The fraction of sp³-hybridized carbons (Fsp3) is 0.455. The molecule has 0 amide bonds. The normalized spacial score (nSPS) is 25.4. The van der Waals surface area contributed by atoms with Crippen LogP contribution in [-0.2, 0) is 11.8 Å². The van der Waals surface area contributed by atoms with Crippen molar-refractivity contribution in [3.8, 4) is 0 Å². The fourth-order valence-corrected chi connectivity index (χ4v) is 2.54. The summed E-state index contributed by atoms with van der Waals surface area (Å²) in [6.07, 6.45) is 1.17. The Bertz CT molecular complexity index is 302. The summed E-state index contributed by atoms with van der Waals surface area (Å²) in [7, 11) is 0.